The van der Waals surface area contributed by atoms with E-state index in [0.717, 1.165) is 0 Å². The maximum atomic E-state index is 12.3. The van der Waals surface area contributed by atoms with E-state index in [1.807, 2.05) is 25.1 Å². The molecular formula is C21H24N4O4. The van der Waals surface area contributed by atoms with Crippen molar-refractivity contribution in [2.24, 2.45) is 0 Å². The average molecular weight is 396 g/mol. The van der Waals surface area contributed by atoms with Crippen LogP contribution in [0, 0.1) is 0 Å². The van der Waals surface area contributed by atoms with Gasteiger partial charge in [0.15, 0.2) is 6.61 Å². The highest BCUT2D eigenvalue weighted by molar-refractivity contribution is 6.01. The number of rotatable bonds is 7. The van der Waals surface area contributed by atoms with Crippen molar-refractivity contribution >= 4 is 29.1 Å². The number of nitrogens with zero attached hydrogens (tertiary/aromatic N) is 2. The number of carbonyl (C=O) groups is 3. The third-order valence-electron chi connectivity index (χ3n) is 4.40. The summed E-state index contributed by atoms with van der Waals surface area (Å²) in [6, 6.07) is 13.8. The molecule has 1 heterocycles. The minimum absolute atomic E-state index is 0.00233. The third-order valence-corrected chi connectivity index (χ3v) is 4.40. The molecule has 2 aromatic carbocycles. The molecule has 8 nitrogen and oxygen atoms in total. The van der Waals surface area contributed by atoms with Gasteiger partial charge in [-0.25, -0.2) is 0 Å². The van der Waals surface area contributed by atoms with Crippen LogP contribution in [-0.4, -0.2) is 63.0 Å². The van der Waals surface area contributed by atoms with Gasteiger partial charge < -0.3 is 25.2 Å². The standard InChI is InChI=1S/C21H24N4O4/c1-24(2)10-11-25-17-12-16(8-9-18(17)29-14-20(25)27)23-19(26)13-22-21(28)15-6-4-3-5-7-15/h3-9,12H,10-11,13-14H2,1-2H3,(H,22,28)(H,23,26). The van der Waals surface area contributed by atoms with Crippen molar-refractivity contribution in [3.63, 3.8) is 0 Å². The molecule has 0 atom stereocenters. The number of hydrogen-bond donors (Lipinski definition) is 2. The van der Waals surface area contributed by atoms with Crippen LogP contribution in [0.25, 0.3) is 0 Å². The average Bonchev–Trinajstić information content (AvgIpc) is 2.71. The summed E-state index contributed by atoms with van der Waals surface area (Å²) in [5.74, 6) is -0.214. The van der Waals surface area contributed by atoms with E-state index in [0.29, 0.717) is 35.8 Å². The minimum atomic E-state index is -0.364. The predicted molar refractivity (Wildman–Crippen MR) is 110 cm³/mol. The van der Waals surface area contributed by atoms with Crippen LogP contribution in [0.2, 0.25) is 0 Å². The molecule has 0 aromatic heterocycles. The van der Waals surface area contributed by atoms with E-state index in [2.05, 4.69) is 10.6 Å². The van der Waals surface area contributed by atoms with Crippen LogP contribution in [0.15, 0.2) is 48.5 Å². The van der Waals surface area contributed by atoms with Gasteiger partial charge in [-0.1, -0.05) is 18.2 Å². The Hall–Kier alpha value is -3.39. The number of likely N-dealkylation sites (N-methyl/N-ethyl adjacent to an activating group) is 1. The maximum absolute atomic E-state index is 12.3. The molecule has 0 saturated carbocycles. The molecule has 3 rings (SSSR count). The smallest absolute Gasteiger partial charge is 0.265 e. The summed E-state index contributed by atoms with van der Waals surface area (Å²) >= 11 is 0. The number of benzene rings is 2. The summed E-state index contributed by atoms with van der Waals surface area (Å²) in [7, 11) is 3.87. The lowest BCUT2D eigenvalue weighted by Crippen LogP contribution is -2.42. The van der Waals surface area contributed by atoms with Gasteiger partial charge in [0.1, 0.15) is 5.75 Å². The van der Waals surface area contributed by atoms with Crippen LogP contribution >= 0.6 is 0 Å². The first-order chi connectivity index (χ1) is 13.9. The lowest BCUT2D eigenvalue weighted by molar-refractivity contribution is -0.121. The van der Waals surface area contributed by atoms with Crippen LogP contribution in [0.3, 0.4) is 0 Å². The SMILES string of the molecule is CN(C)CCN1C(=O)COc2ccc(NC(=O)CNC(=O)c3ccccc3)cc21. The highest BCUT2D eigenvalue weighted by atomic mass is 16.5. The van der Waals surface area contributed by atoms with Crippen molar-refractivity contribution in [2.45, 2.75) is 0 Å². The van der Waals surface area contributed by atoms with Crippen molar-refractivity contribution in [3.8, 4) is 5.75 Å². The summed E-state index contributed by atoms with van der Waals surface area (Å²) in [4.78, 5) is 40.2. The normalized spacial score (nSPS) is 12.9. The van der Waals surface area contributed by atoms with Gasteiger partial charge in [0.2, 0.25) is 5.91 Å². The van der Waals surface area contributed by atoms with Gasteiger partial charge in [-0.15, -0.1) is 0 Å². The first-order valence-corrected chi connectivity index (χ1v) is 9.29. The minimum Gasteiger partial charge on any atom is -0.482 e. The molecule has 0 unspecified atom stereocenters. The summed E-state index contributed by atoms with van der Waals surface area (Å²) in [5, 5.41) is 5.33. The second-order valence-corrected chi connectivity index (χ2v) is 6.92. The fourth-order valence-electron chi connectivity index (χ4n) is 2.88. The molecule has 29 heavy (non-hydrogen) atoms. The number of amides is 3. The Morgan fingerprint density at radius 1 is 1.14 bits per heavy atom. The first kappa shape index (κ1) is 20.3. The maximum Gasteiger partial charge on any atom is 0.265 e. The summed E-state index contributed by atoms with van der Waals surface area (Å²) < 4.78 is 5.49. The van der Waals surface area contributed by atoms with Crippen molar-refractivity contribution in [1.82, 2.24) is 10.2 Å². The van der Waals surface area contributed by atoms with E-state index in [1.54, 1.807) is 47.4 Å². The number of ether oxygens (including phenoxy) is 1. The highest BCUT2D eigenvalue weighted by Gasteiger charge is 2.25. The molecule has 152 valence electrons. The molecular weight excluding hydrogens is 372 g/mol. The van der Waals surface area contributed by atoms with Gasteiger partial charge in [0.05, 0.1) is 12.2 Å². The highest BCUT2D eigenvalue weighted by Crippen LogP contribution is 2.34. The van der Waals surface area contributed by atoms with Crippen LogP contribution in [0.1, 0.15) is 10.4 Å². The van der Waals surface area contributed by atoms with Gasteiger partial charge in [-0.3, -0.25) is 14.4 Å². The molecule has 1 aliphatic heterocycles. The van der Waals surface area contributed by atoms with Gasteiger partial charge in [-0.2, -0.15) is 0 Å². The summed E-state index contributed by atoms with van der Waals surface area (Å²) in [6.45, 7) is 1.06. The van der Waals surface area contributed by atoms with Crippen LogP contribution in [0.4, 0.5) is 11.4 Å². The van der Waals surface area contributed by atoms with Crippen molar-refractivity contribution in [1.29, 1.82) is 0 Å². The summed E-state index contributed by atoms with van der Waals surface area (Å²) in [6.07, 6.45) is 0. The molecule has 2 aromatic rings. The molecule has 0 spiro atoms. The number of fused-ring (bicyclic) bond motifs is 1. The van der Waals surface area contributed by atoms with Crippen molar-refractivity contribution in [3.05, 3.63) is 54.1 Å². The van der Waals surface area contributed by atoms with Crippen molar-refractivity contribution < 1.29 is 19.1 Å². The quantitative estimate of drug-likeness (QED) is 0.737. The lowest BCUT2D eigenvalue weighted by Gasteiger charge is -2.30. The van der Waals surface area contributed by atoms with Crippen LogP contribution in [0.5, 0.6) is 5.75 Å². The second kappa shape index (κ2) is 9.20. The molecule has 2 N–H and O–H groups in total. The Morgan fingerprint density at radius 2 is 1.90 bits per heavy atom. The van der Waals surface area contributed by atoms with E-state index < -0.39 is 0 Å². The van der Waals surface area contributed by atoms with E-state index in [1.165, 1.54) is 0 Å². The van der Waals surface area contributed by atoms with Crippen molar-refractivity contribution in [2.75, 3.05) is 50.6 Å². The topological polar surface area (TPSA) is 91.0 Å². The Kier molecular flexibility index (Phi) is 6.46. The molecule has 0 aliphatic carbocycles. The fourth-order valence-corrected chi connectivity index (χ4v) is 2.88. The van der Waals surface area contributed by atoms with Gasteiger partial charge >= 0.3 is 0 Å². The van der Waals surface area contributed by atoms with Gasteiger partial charge in [0, 0.05) is 24.3 Å². The van der Waals surface area contributed by atoms with Gasteiger partial charge in [-0.05, 0) is 44.4 Å². The Morgan fingerprint density at radius 3 is 2.62 bits per heavy atom. The predicted octanol–water partition coefficient (Wildman–Crippen LogP) is 1.34. The number of anilines is 2. The van der Waals surface area contributed by atoms with E-state index in [4.69, 9.17) is 4.74 Å². The van der Waals surface area contributed by atoms with Crippen LogP contribution in [-0.2, 0) is 9.59 Å². The monoisotopic (exact) mass is 396 g/mol. The molecule has 0 radical (unpaired) electrons. The number of carbonyl (C=O) groups excluding carboxylic acids is 3. The first-order valence-electron chi connectivity index (χ1n) is 9.29. The lowest BCUT2D eigenvalue weighted by atomic mass is 10.2. The second-order valence-electron chi connectivity index (χ2n) is 6.92. The molecule has 0 fully saturated rings. The molecule has 8 heteroatoms. The molecule has 1 aliphatic rings. The Balaban J connectivity index is 1.63. The fraction of sp³-hybridized carbons (Fsp3) is 0.286. The third kappa shape index (κ3) is 5.32. The van der Waals surface area contributed by atoms with E-state index >= 15 is 0 Å². The Labute approximate surface area is 169 Å². The number of nitrogens with one attached hydrogen (secondary N) is 2. The number of hydrogen-bond acceptors (Lipinski definition) is 5. The van der Waals surface area contributed by atoms with Crippen LogP contribution < -0.4 is 20.3 Å². The molecule has 0 bridgehead atoms. The van der Waals surface area contributed by atoms with Gasteiger partial charge in [0.25, 0.3) is 11.8 Å². The Bertz CT molecular complexity index is 899. The zero-order chi connectivity index (χ0) is 20.8. The summed E-state index contributed by atoms with van der Waals surface area (Å²) in [5.41, 5.74) is 1.63. The molecule has 3 amide bonds. The van der Waals surface area contributed by atoms with E-state index in [9.17, 15) is 14.4 Å². The molecule has 0 saturated heterocycles. The zero-order valence-electron chi connectivity index (χ0n) is 16.5. The van der Waals surface area contributed by atoms with E-state index in [-0.39, 0.29) is 30.9 Å². The largest absolute Gasteiger partial charge is 0.482 e. The zero-order valence-corrected chi connectivity index (χ0v) is 16.5.